The number of hydrogen-bond donors (Lipinski definition) is 4. The number of carboxylic acids is 1. The molecule has 5 N–H and O–H groups in total. The van der Waals surface area contributed by atoms with Crippen molar-refractivity contribution in [2.75, 3.05) is 6.54 Å². The summed E-state index contributed by atoms with van der Waals surface area (Å²) in [6, 6.07) is 0.111. The Morgan fingerprint density at radius 3 is 2.77 bits per heavy atom. The molecule has 0 amide bonds. The fourth-order valence-electron chi connectivity index (χ4n) is 3.79. The van der Waals surface area contributed by atoms with Gasteiger partial charge in [-0.3, -0.25) is 14.9 Å². The number of piperidine rings is 2. The van der Waals surface area contributed by atoms with Crippen LogP contribution in [0.3, 0.4) is 0 Å². The zero-order valence-corrected chi connectivity index (χ0v) is 12.6. The van der Waals surface area contributed by atoms with Crippen LogP contribution in [-0.4, -0.2) is 47.9 Å². The molecule has 3 heterocycles. The van der Waals surface area contributed by atoms with Gasteiger partial charge in [0.2, 0.25) is 0 Å². The van der Waals surface area contributed by atoms with Crippen molar-refractivity contribution in [2.24, 2.45) is 23.5 Å². The minimum absolute atomic E-state index is 0.0969. The van der Waals surface area contributed by atoms with Gasteiger partial charge in [-0.1, -0.05) is 12.2 Å². The summed E-state index contributed by atoms with van der Waals surface area (Å²) in [5, 5.41) is 15.5. The van der Waals surface area contributed by atoms with Crippen LogP contribution in [0.15, 0.2) is 12.2 Å². The average molecular weight is 309 g/mol. The molecule has 3 saturated heterocycles. The number of Topliss-reactive ketones (excluding diaryl/α,β-unsaturated/α-hetero) is 1. The summed E-state index contributed by atoms with van der Waals surface area (Å²) >= 11 is 0. The number of carbonyl (C=O) groups excluding carboxylic acids is 1. The molecule has 7 atom stereocenters. The highest BCUT2D eigenvalue weighted by molar-refractivity contribution is 5.86. The number of fused-ring (bicyclic) bond motifs is 2. The molecule has 3 fully saturated rings. The Hall–Kier alpha value is -1.28. The minimum Gasteiger partial charge on any atom is -0.481 e. The van der Waals surface area contributed by atoms with Crippen molar-refractivity contribution in [1.82, 2.24) is 10.6 Å². The third-order valence-corrected chi connectivity index (χ3v) is 5.13. The Labute approximate surface area is 129 Å². The first kappa shape index (κ1) is 15.6. The molecule has 3 rings (SSSR count). The molecule has 0 aromatic carbocycles. The molecule has 0 aromatic rings. The van der Waals surface area contributed by atoms with Crippen LogP contribution in [0.5, 0.6) is 0 Å². The summed E-state index contributed by atoms with van der Waals surface area (Å²) in [5.41, 5.74) is 6.85. The van der Waals surface area contributed by atoms with E-state index in [0.717, 1.165) is 5.57 Å². The van der Waals surface area contributed by atoms with Crippen LogP contribution in [0.25, 0.3) is 0 Å². The number of carbonyl (C=O) groups is 2. The van der Waals surface area contributed by atoms with E-state index in [1.54, 1.807) is 0 Å². The maximum atomic E-state index is 12.8. The Balaban J connectivity index is 1.77. The van der Waals surface area contributed by atoms with Crippen LogP contribution >= 0.6 is 0 Å². The van der Waals surface area contributed by atoms with Gasteiger partial charge in [0.15, 0.2) is 0 Å². The molecule has 0 aromatic heterocycles. The predicted molar refractivity (Wildman–Crippen MR) is 78.7 cm³/mol. The summed E-state index contributed by atoms with van der Waals surface area (Å²) in [5.74, 6) is -2.28. The lowest BCUT2D eigenvalue weighted by Crippen LogP contribution is -2.67. The minimum atomic E-state index is -0.974. The van der Waals surface area contributed by atoms with E-state index in [2.05, 4.69) is 17.2 Å². The average Bonchev–Trinajstić information content (AvgIpc) is 2.46. The largest absolute Gasteiger partial charge is 0.481 e. The van der Waals surface area contributed by atoms with Crippen LogP contribution in [0.2, 0.25) is 0 Å². The molecule has 7 nitrogen and oxygen atoms in total. The van der Waals surface area contributed by atoms with E-state index < -0.39 is 30.2 Å². The lowest BCUT2D eigenvalue weighted by molar-refractivity contribution is -0.180. The van der Waals surface area contributed by atoms with Gasteiger partial charge in [-0.25, -0.2) is 0 Å². The van der Waals surface area contributed by atoms with E-state index in [1.165, 1.54) is 0 Å². The third kappa shape index (κ3) is 2.58. The van der Waals surface area contributed by atoms with E-state index in [-0.39, 0.29) is 30.3 Å². The standard InChI is InChI=1S/C15H23N3O4/c1-6(2)10-4-7-11(5-17-10)22-14-8(12(7)19)3-9(15(20)21)13(16)18-14/h7-11,13-14,17-18H,1,3-5,16H2,2H3,(H,20,21). The van der Waals surface area contributed by atoms with Crippen LogP contribution in [0, 0.1) is 17.8 Å². The van der Waals surface area contributed by atoms with Gasteiger partial charge in [0.25, 0.3) is 0 Å². The third-order valence-electron chi connectivity index (χ3n) is 5.13. The predicted octanol–water partition coefficient (Wildman–Crippen LogP) is -0.570. The molecule has 0 spiro atoms. The Morgan fingerprint density at radius 1 is 1.41 bits per heavy atom. The van der Waals surface area contributed by atoms with E-state index in [9.17, 15) is 14.7 Å². The van der Waals surface area contributed by atoms with Crippen molar-refractivity contribution >= 4 is 11.8 Å². The first-order valence-electron chi connectivity index (χ1n) is 7.71. The Kier molecular flexibility index (Phi) is 4.07. The zero-order valence-electron chi connectivity index (χ0n) is 12.6. The summed E-state index contributed by atoms with van der Waals surface area (Å²) < 4.78 is 5.99. The van der Waals surface area contributed by atoms with Gasteiger partial charge in [-0.15, -0.1) is 0 Å². The molecule has 7 heteroatoms. The second-order valence-corrected chi connectivity index (χ2v) is 6.63. The Bertz CT molecular complexity index is 509. The summed E-state index contributed by atoms with van der Waals surface area (Å²) in [6.45, 7) is 6.48. The highest BCUT2D eigenvalue weighted by atomic mass is 16.5. The fraction of sp³-hybridized carbons (Fsp3) is 0.733. The van der Waals surface area contributed by atoms with Gasteiger partial charge < -0.3 is 20.9 Å². The topological polar surface area (TPSA) is 114 Å². The number of nitrogens with one attached hydrogen (secondary N) is 2. The first-order chi connectivity index (χ1) is 10.4. The molecular weight excluding hydrogens is 286 g/mol. The first-order valence-corrected chi connectivity index (χ1v) is 7.71. The van der Waals surface area contributed by atoms with Gasteiger partial charge in [-0.2, -0.15) is 0 Å². The highest BCUT2D eigenvalue weighted by Gasteiger charge is 2.51. The van der Waals surface area contributed by atoms with E-state index >= 15 is 0 Å². The molecule has 0 saturated carbocycles. The van der Waals surface area contributed by atoms with E-state index in [1.807, 2.05) is 6.92 Å². The maximum Gasteiger partial charge on any atom is 0.309 e. The molecule has 0 aliphatic carbocycles. The SMILES string of the molecule is C=C(C)C1CC2C(=O)C3CC(C(=O)O)C(N)NC3OC2CN1. The molecule has 3 aliphatic heterocycles. The van der Waals surface area contributed by atoms with Crippen LogP contribution in [-0.2, 0) is 14.3 Å². The summed E-state index contributed by atoms with van der Waals surface area (Å²) in [4.78, 5) is 24.1. The molecule has 0 radical (unpaired) electrons. The number of ketones is 1. The monoisotopic (exact) mass is 309 g/mol. The van der Waals surface area contributed by atoms with Gasteiger partial charge in [-0.05, 0) is 19.8 Å². The lowest BCUT2D eigenvalue weighted by Gasteiger charge is -2.49. The smallest absolute Gasteiger partial charge is 0.309 e. The fourth-order valence-corrected chi connectivity index (χ4v) is 3.79. The van der Waals surface area contributed by atoms with Crippen molar-refractivity contribution < 1.29 is 19.4 Å². The molecule has 3 aliphatic rings. The van der Waals surface area contributed by atoms with E-state index in [4.69, 9.17) is 10.5 Å². The number of hydrogen-bond acceptors (Lipinski definition) is 6. The number of carboxylic acid groups (broad SMARTS) is 1. The lowest BCUT2D eigenvalue weighted by atomic mass is 9.73. The number of ether oxygens (including phenoxy) is 1. The Morgan fingerprint density at radius 2 is 2.14 bits per heavy atom. The highest BCUT2D eigenvalue weighted by Crippen LogP contribution is 2.37. The zero-order chi connectivity index (χ0) is 16.0. The molecule has 22 heavy (non-hydrogen) atoms. The molecule has 0 bridgehead atoms. The second-order valence-electron chi connectivity index (χ2n) is 6.63. The van der Waals surface area contributed by atoms with Crippen LogP contribution < -0.4 is 16.4 Å². The van der Waals surface area contributed by atoms with Gasteiger partial charge >= 0.3 is 5.97 Å². The van der Waals surface area contributed by atoms with Gasteiger partial charge in [0.05, 0.1) is 24.1 Å². The molecule has 7 unspecified atom stereocenters. The van der Waals surface area contributed by atoms with Gasteiger partial charge in [0, 0.05) is 18.5 Å². The number of aliphatic carboxylic acids is 1. The van der Waals surface area contributed by atoms with Crippen LogP contribution in [0.4, 0.5) is 0 Å². The van der Waals surface area contributed by atoms with Crippen molar-refractivity contribution in [3.8, 4) is 0 Å². The normalized spacial score (nSPS) is 44.8. The van der Waals surface area contributed by atoms with Crippen molar-refractivity contribution in [3.63, 3.8) is 0 Å². The molecule has 122 valence electrons. The number of nitrogens with two attached hydrogens (primary N) is 1. The van der Waals surface area contributed by atoms with Crippen molar-refractivity contribution in [3.05, 3.63) is 12.2 Å². The van der Waals surface area contributed by atoms with Crippen molar-refractivity contribution in [1.29, 1.82) is 0 Å². The summed E-state index contributed by atoms with van der Waals surface area (Å²) in [7, 11) is 0. The quantitative estimate of drug-likeness (QED) is 0.505. The van der Waals surface area contributed by atoms with Crippen LogP contribution in [0.1, 0.15) is 19.8 Å². The second kappa shape index (κ2) is 5.73. The summed E-state index contributed by atoms with van der Waals surface area (Å²) in [6.07, 6.45) is -0.469. The molecular formula is C15H23N3O4. The van der Waals surface area contributed by atoms with Crippen molar-refractivity contribution in [2.45, 2.75) is 44.3 Å². The van der Waals surface area contributed by atoms with Gasteiger partial charge in [0.1, 0.15) is 12.0 Å². The van der Waals surface area contributed by atoms with E-state index in [0.29, 0.717) is 13.0 Å². The number of rotatable bonds is 2. The maximum absolute atomic E-state index is 12.8.